The predicted molar refractivity (Wildman–Crippen MR) is 88.9 cm³/mol. The van der Waals surface area contributed by atoms with Crippen molar-refractivity contribution in [3.05, 3.63) is 48.7 Å². The molecule has 2 aromatic rings. The van der Waals surface area contributed by atoms with Crippen molar-refractivity contribution in [1.29, 1.82) is 0 Å². The number of carbonyl (C=O) groups is 1. The lowest BCUT2D eigenvalue weighted by Crippen LogP contribution is -2.24. The summed E-state index contributed by atoms with van der Waals surface area (Å²) in [7, 11) is 0. The molecule has 22 heavy (non-hydrogen) atoms. The summed E-state index contributed by atoms with van der Waals surface area (Å²) >= 11 is 0. The van der Waals surface area contributed by atoms with Crippen LogP contribution in [0.4, 0.5) is 10.5 Å². The summed E-state index contributed by atoms with van der Waals surface area (Å²) in [4.78, 5) is 12.0. The van der Waals surface area contributed by atoms with E-state index in [-0.39, 0.29) is 11.8 Å². The zero-order valence-electron chi connectivity index (χ0n) is 12.4. The molecule has 3 N–H and O–H groups in total. The van der Waals surface area contributed by atoms with Gasteiger partial charge in [-0.05, 0) is 30.9 Å². The average Bonchev–Trinajstić information content (AvgIpc) is 3.02. The molecule has 0 saturated heterocycles. The van der Waals surface area contributed by atoms with Gasteiger partial charge in [-0.2, -0.15) is 0 Å². The number of carbonyl (C=O) groups excluding carboxylic acids is 1. The SMILES string of the molecule is O=C(N/C=C/C1CCCC1)Nc1cccc2c(O)cccc12. The highest BCUT2D eigenvalue weighted by atomic mass is 16.3. The van der Waals surface area contributed by atoms with E-state index in [4.69, 9.17) is 0 Å². The Kier molecular flexibility index (Phi) is 4.28. The maximum atomic E-state index is 12.0. The second-order valence-electron chi connectivity index (χ2n) is 5.68. The fourth-order valence-corrected chi connectivity index (χ4v) is 2.97. The molecule has 2 aromatic carbocycles. The van der Waals surface area contributed by atoms with Crippen LogP contribution >= 0.6 is 0 Å². The van der Waals surface area contributed by atoms with E-state index in [2.05, 4.69) is 16.7 Å². The minimum atomic E-state index is -0.273. The zero-order valence-corrected chi connectivity index (χ0v) is 12.4. The molecule has 1 fully saturated rings. The molecule has 0 spiro atoms. The highest BCUT2D eigenvalue weighted by Crippen LogP contribution is 2.29. The van der Waals surface area contributed by atoms with E-state index in [9.17, 15) is 9.90 Å². The van der Waals surface area contributed by atoms with Gasteiger partial charge in [0.2, 0.25) is 0 Å². The number of anilines is 1. The van der Waals surface area contributed by atoms with Crippen LogP contribution in [0.15, 0.2) is 48.7 Å². The summed E-state index contributed by atoms with van der Waals surface area (Å²) in [5, 5.41) is 17.0. The van der Waals surface area contributed by atoms with Gasteiger partial charge in [-0.1, -0.05) is 43.2 Å². The molecule has 0 atom stereocenters. The highest BCUT2D eigenvalue weighted by molar-refractivity contribution is 6.03. The first-order chi connectivity index (χ1) is 10.7. The van der Waals surface area contributed by atoms with Gasteiger partial charge in [0.1, 0.15) is 5.75 Å². The topological polar surface area (TPSA) is 61.4 Å². The van der Waals surface area contributed by atoms with Crippen molar-refractivity contribution in [2.75, 3.05) is 5.32 Å². The molecule has 0 aromatic heterocycles. The Hall–Kier alpha value is -2.49. The smallest absolute Gasteiger partial charge is 0.323 e. The van der Waals surface area contributed by atoms with Crippen LogP contribution in [0.5, 0.6) is 5.75 Å². The van der Waals surface area contributed by atoms with Gasteiger partial charge < -0.3 is 15.7 Å². The van der Waals surface area contributed by atoms with Gasteiger partial charge >= 0.3 is 6.03 Å². The van der Waals surface area contributed by atoms with Crippen LogP contribution < -0.4 is 10.6 Å². The van der Waals surface area contributed by atoms with Crippen LogP contribution in [0.3, 0.4) is 0 Å². The molecule has 0 bridgehead atoms. The lowest BCUT2D eigenvalue weighted by atomic mass is 10.1. The largest absolute Gasteiger partial charge is 0.507 e. The number of benzene rings is 2. The molecule has 4 heteroatoms. The Morgan fingerprint density at radius 1 is 1.09 bits per heavy atom. The Bertz CT molecular complexity index is 703. The van der Waals surface area contributed by atoms with Gasteiger partial charge in [0, 0.05) is 17.0 Å². The minimum Gasteiger partial charge on any atom is -0.507 e. The van der Waals surface area contributed by atoms with E-state index >= 15 is 0 Å². The summed E-state index contributed by atoms with van der Waals surface area (Å²) in [6, 6.07) is 10.5. The van der Waals surface area contributed by atoms with E-state index in [1.54, 1.807) is 18.3 Å². The summed E-state index contributed by atoms with van der Waals surface area (Å²) in [5.41, 5.74) is 0.681. The van der Waals surface area contributed by atoms with E-state index in [0.29, 0.717) is 11.6 Å². The molecule has 2 amide bonds. The predicted octanol–water partition coefficient (Wildman–Crippen LogP) is 4.37. The van der Waals surface area contributed by atoms with Crippen molar-refractivity contribution in [2.45, 2.75) is 25.7 Å². The van der Waals surface area contributed by atoms with E-state index in [0.717, 1.165) is 10.8 Å². The Morgan fingerprint density at radius 3 is 2.64 bits per heavy atom. The summed E-state index contributed by atoms with van der Waals surface area (Å²) in [6.45, 7) is 0. The number of allylic oxidation sites excluding steroid dienone is 1. The summed E-state index contributed by atoms with van der Waals surface area (Å²) < 4.78 is 0. The zero-order chi connectivity index (χ0) is 15.4. The van der Waals surface area contributed by atoms with Gasteiger partial charge in [0.25, 0.3) is 0 Å². The lowest BCUT2D eigenvalue weighted by molar-refractivity contribution is 0.255. The molecule has 1 aliphatic rings. The molecule has 0 radical (unpaired) electrons. The number of urea groups is 1. The van der Waals surface area contributed by atoms with Crippen LogP contribution in [-0.4, -0.2) is 11.1 Å². The van der Waals surface area contributed by atoms with Crippen molar-refractivity contribution in [3.63, 3.8) is 0 Å². The van der Waals surface area contributed by atoms with Gasteiger partial charge in [0.15, 0.2) is 0 Å². The average molecular weight is 296 g/mol. The van der Waals surface area contributed by atoms with Crippen LogP contribution in [0.25, 0.3) is 10.8 Å². The second kappa shape index (κ2) is 6.52. The number of phenols is 1. The number of hydrogen-bond acceptors (Lipinski definition) is 2. The highest BCUT2D eigenvalue weighted by Gasteiger charge is 2.11. The van der Waals surface area contributed by atoms with Crippen LogP contribution in [0, 0.1) is 5.92 Å². The van der Waals surface area contributed by atoms with Crippen molar-refractivity contribution in [3.8, 4) is 5.75 Å². The second-order valence-corrected chi connectivity index (χ2v) is 5.68. The van der Waals surface area contributed by atoms with E-state index < -0.39 is 0 Å². The van der Waals surface area contributed by atoms with Crippen molar-refractivity contribution in [1.82, 2.24) is 5.32 Å². The van der Waals surface area contributed by atoms with Gasteiger partial charge in [-0.15, -0.1) is 0 Å². The van der Waals surface area contributed by atoms with Crippen molar-refractivity contribution >= 4 is 22.5 Å². The Morgan fingerprint density at radius 2 is 1.82 bits per heavy atom. The fourth-order valence-electron chi connectivity index (χ4n) is 2.97. The summed E-state index contributed by atoms with van der Waals surface area (Å²) in [5.74, 6) is 0.803. The number of aromatic hydroxyl groups is 1. The molecule has 0 unspecified atom stereocenters. The van der Waals surface area contributed by atoms with E-state index in [1.165, 1.54) is 25.7 Å². The van der Waals surface area contributed by atoms with Crippen LogP contribution in [-0.2, 0) is 0 Å². The normalized spacial score (nSPS) is 15.5. The molecular weight excluding hydrogens is 276 g/mol. The van der Waals surface area contributed by atoms with Crippen LogP contribution in [0.1, 0.15) is 25.7 Å². The maximum Gasteiger partial charge on any atom is 0.323 e. The number of fused-ring (bicyclic) bond motifs is 1. The standard InChI is InChI=1S/C18H20N2O2/c21-17-10-4-7-14-15(17)8-3-9-16(14)20-18(22)19-12-11-13-5-1-2-6-13/h3-4,7-13,21H,1-2,5-6H2,(H2,19,20,22)/b12-11+. The first-order valence-corrected chi connectivity index (χ1v) is 7.69. The van der Waals surface area contributed by atoms with Crippen LogP contribution in [0.2, 0.25) is 0 Å². The van der Waals surface area contributed by atoms with Crippen molar-refractivity contribution in [2.24, 2.45) is 5.92 Å². The van der Waals surface area contributed by atoms with Gasteiger partial charge in [-0.3, -0.25) is 0 Å². The first-order valence-electron chi connectivity index (χ1n) is 7.69. The number of hydrogen-bond donors (Lipinski definition) is 3. The molecule has 114 valence electrons. The third-order valence-electron chi connectivity index (χ3n) is 4.13. The number of rotatable bonds is 3. The molecule has 1 aliphatic carbocycles. The molecular formula is C18H20N2O2. The van der Waals surface area contributed by atoms with Gasteiger partial charge in [-0.25, -0.2) is 4.79 Å². The Labute approximate surface area is 129 Å². The molecule has 1 saturated carbocycles. The first kappa shape index (κ1) is 14.4. The number of nitrogens with one attached hydrogen (secondary N) is 2. The molecule has 4 nitrogen and oxygen atoms in total. The third-order valence-corrected chi connectivity index (χ3v) is 4.13. The van der Waals surface area contributed by atoms with E-state index in [1.807, 2.05) is 24.3 Å². The third kappa shape index (κ3) is 3.22. The number of amides is 2. The quantitative estimate of drug-likeness (QED) is 0.787. The molecule has 0 aliphatic heterocycles. The maximum absolute atomic E-state index is 12.0. The molecule has 3 rings (SSSR count). The minimum absolute atomic E-state index is 0.211. The van der Waals surface area contributed by atoms with Crippen molar-refractivity contribution < 1.29 is 9.90 Å². The fraction of sp³-hybridized carbons (Fsp3) is 0.278. The van der Waals surface area contributed by atoms with Gasteiger partial charge in [0.05, 0.1) is 5.69 Å². The monoisotopic (exact) mass is 296 g/mol. The lowest BCUT2D eigenvalue weighted by Gasteiger charge is -2.09. The summed E-state index contributed by atoms with van der Waals surface area (Å²) in [6.07, 6.45) is 8.78. The number of phenolic OH excluding ortho intramolecular Hbond substituents is 1. The molecule has 0 heterocycles. The Balaban J connectivity index is 1.67.